The van der Waals surface area contributed by atoms with Gasteiger partial charge in [0.25, 0.3) is 11.8 Å². The van der Waals surface area contributed by atoms with Crippen LogP contribution < -0.4 is 10.6 Å². The molecule has 2 N–H and O–H groups in total. The number of amides is 2. The molecule has 0 aliphatic rings. The highest BCUT2D eigenvalue weighted by Gasteiger charge is 2.18. The van der Waals surface area contributed by atoms with Gasteiger partial charge in [0, 0.05) is 11.3 Å². The van der Waals surface area contributed by atoms with Crippen molar-refractivity contribution in [3.05, 3.63) is 64.7 Å². The van der Waals surface area contributed by atoms with Gasteiger partial charge in [-0.15, -0.1) is 0 Å². The van der Waals surface area contributed by atoms with Crippen molar-refractivity contribution in [3.8, 4) is 0 Å². The minimum absolute atomic E-state index is 0.312. The molecule has 0 radical (unpaired) electrons. The molecule has 6 nitrogen and oxygen atoms in total. The summed E-state index contributed by atoms with van der Waals surface area (Å²) in [5, 5.41) is 5.19. The third-order valence-corrected chi connectivity index (χ3v) is 4.13. The smallest absolute Gasteiger partial charge is 0.326 e. The van der Waals surface area contributed by atoms with Gasteiger partial charge in [-0.05, 0) is 68.7 Å². The van der Waals surface area contributed by atoms with Crippen molar-refractivity contribution in [1.29, 1.82) is 0 Å². The zero-order valence-corrected chi connectivity index (χ0v) is 16.0. The van der Waals surface area contributed by atoms with Crippen LogP contribution in [0.1, 0.15) is 34.0 Å². The highest BCUT2D eigenvalue weighted by Crippen LogP contribution is 2.11. The van der Waals surface area contributed by atoms with Gasteiger partial charge in [0.15, 0.2) is 6.10 Å². The molecule has 0 fully saturated rings. The van der Waals surface area contributed by atoms with Gasteiger partial charge in [-0.1, -0.05) is 18.2 Å². The van der Waals surface area contributed by atoms with Crippen molar-refractivity contribution in [2.24, 2.45) is 0 Å². The maximum absolute atomic E-state index is 12.1. The van der Waals surface area contributed by atoms with Crippen LogP contribution >= 0.6 is 0 Å². The Bertz CT molecular complexity index is 861. The number of nitrogens with one attached hydrogen (secondary N) is 2. The molecule has 6 heteroatoms. The Labute approximate surface area is 158 Å². The number of esters is 1. The molecule has 0 aromatic heterocycles. The van der Waals surface area contributed by atoms with E-state index in [1.54, 1.807) is 18.2 Å². The SMILES string of the molecule is Cc1cccc(NC(=O)C(C)OC(=O)CNC(=O)c2ccc(C)c(C)c2)c1. The number of hydrogen-bond acceptors (Lipinski definition) is 4. The molecule has 1 unspecified atom stereocenters. The van der Waals surface area contributed by atoms with Crippen LogP contribution in [0.15, 0.2) is 42.5 Å². The van der Waals surface area contributed by atoms with Gasteiger partial charge in [-0.25, -0.2) is 0 Å². The van der Waals surface area contributed by atoms with Gasteiger partial charge in [0.2, 0.25) is 0 Å². The summed E-state index contributed by atoms with van der Waals surface area (Å²) in [6.07, 6.45) is -0.975. The molecule has 0 aliphatic heterocycles. The van der Waals surface area contributed by atoms with E-state index in [1.807, 2.05) is 45.0 Å². The lowest BCUT2D eigenvalue weighted by atomic mass is 10.1. The van der Waals surface area contributed by atoms with E-state index in [-0.39, 0.29) is 12.5 Å². The van der Waals surface area contributed by atoms with E-state index < -0.39 is 18.0 Å². The van der Waals surface area contributed by atoms with Gasteiger partial charge in [0.05, 0.1) is 0 Å². The number of rotatable bonds is 6. The maximum atomic E-state index is 12.1. The van der Waals surface area contributed by atoms with E-state index in [9.17, 15) is 14.4 Å². The summed E-state index contributed by atoms with van der Waals surface area (Å²) in [5.74, 6) is -1.49. The Morgan fingerprint density at radius 1 is 1.00 bits per heavy atom. The molecule has 2 aromatic carbocycles. The Morgan fingerprint density at radius 2 is 1.74 bits per heavy atom. The largest absolute Gasteiger partial charge is 0.451 e. The van der Waals surface area contributed by atoms with Crippen LogP contribution in [0.25, 0.3) is 0 Å². The highest BCUT2D eigenvalue weighted by atomic mass is 16.5. The number of carbonyl (C=O) groups is 3. The quantitative estimate of drug-likeness (QED) is 0.768. The van der Waals surface area contributed by atoms with Crippen molar-refractivity contribution in [2.45, 2.75) is 33.8 Å². The van der Waals surface area contributed by atoms with Crippen LogP contribution in [0, 0.1) is 20.8 Å². The molecular weight excluding hydrogens is 344 g/mol. The predicted octanol–water partition coefficient (Wildman–Crippen LogP) is 2.91. The summed E-state index contributed by atoms with van der Waals surface area (Å²) >= 11 is 0. The van der Waals surface area contributed by atoms with Crippen molar-refractivity contribution in [1.82, 2.24) is 5.32 Å². The fraction of sp³-hybridized carbons (Fsp3) is 0.286. The molecule has 0 heterocycles. The normalized spacial score (nSPS) is 11.4. The molecule has 27 heavy (non-hydrogen) atoms. The lowest BCUT2D eigenvalue weighted by Crippen LogP contribution is -2.35. The molecule has 2 aromatic rings. The Morgan fingerprint density at radius 3 is 2.41 bits per heavy atom. The first kappa shape index (κ1) is 20.2. The molecule has 0 bridgehead atoms. The van der Waals surface area contributed by atoms with Crippen LogP contribution in [0.3, 0.4) is 0 Å². The van der Waals surface area contributed by atoms with Crippen LogP contribution in [0.2, 0.25) is 0 Å². The van der Waals surface area contributed by atoms with Gasteiger partial charge < -0.3 is 15.4 Å². The van der Waals surface area contributed by atoms with E-state index in [0.717, 1.165) is 16.7 Å². The first-order valence-electron chi connectivity index (χ1n) is 8.68. The topological polar surface area (TPSA) is 84.5 Å². The van der Waals surface area contributed by atoms with E-state index in [4.69, 9.17) is 4.74 Å². The van der Waals surface area contributed by atoms with Crippen molar-refractivity contribution >= 4 is 23.5 Å². The predicted molar refractivity (Wildman–Crippen MR) is 104 cm³/mol. The molecule has 142 valence electrons. The van der Waals surface area contributed by atoms with Crippen LogP contribution in [0.4, 0.5) is 5.69 Å². The second-order valence-electron chi connectivity index (χ2n) is 6.47. The summed E-state index contributed by atoms with van der Waals surface area (Å²) in [7, 11) is 0. The third kappa shape index (κ3) is 5.95. The van der Waals surface area contributed by atoms with Crippen molar-refractivity contribution in [3.63, 3.8) is 0 Å². The molecule has 0 aliphatic carbocycles. The highest BCUT2D eigenvalue weighted by molar-refractivity contribution is 5.97. The molecule has 2 amide bonds. The minimum Gasteiger partial charge on any atom is -0.451 e. The van der Waals surface area contributed by atoms with Gasteiger partial charge in [0.1, 0.15) is 6.54 Å². The second kappa shape index (κ2) is 8.98. The van der Waals surface area contributed by atoms with E-state index in [2.05, 4.69) is 10.6 Å². The number of anilines is 1. The summed E-state index contributed by atoms with van der Waals surface area (Å²) in [4.78, 5) is 36.1. The number of ether oxygens (including phenoxy) is 1. The number of aryl methyl sites for hydroxylation is 3. The monoisotopic (exact) mass is 368 g/mol. The van der Waals surface area contributed by atoms with E-state index >= 15 is 0 Å². The summed E-state index contributed by atoms with van der Waals surface area (Å²) < 4.78 is 5.08. The first-order chi connectivity index (χ1) is 12.8. The van der Waals surface area contributed by atoms with Gasteiger partial charge in [-0.2, -0.15) is 0 Å². The lowest BCUT2D eigenvalue weighted by molar-refractivity contribution is -0.152. The van der Waals surface area contributed by atoms with E-state index in [1.165, 1.54) is 6.92 Å². The minimum atomic E-state index is -0.975. The fourth-order valence-electron chi connectivity index (χ4n) is 2.40. The second-order valence-corrected chi connectivity index (χ2v) is 6.47. The Hall–Kier alpha value is -3.15. The maximum Gasteiger partial charge on any atom is 0.326 e. The Kier molecular flexibility index (Phi) is 6.71. The zero-order valence-electron chi connectivity index (χ0n) is 16.0. The van der Waals surface area contributed by atoms with Crippen molar-refractivity contribution in [2.75, 3.05) is 11.9 Å². The third-order valence-electron chi connectivity index (χ3n) is 4.13. The lowest BCUT2D eigenvalue weighted by Gasteiger charge is -2.14. The summed E-state index contributed by atoms with van der Waals surface area (Å²) in [6.45, 7) is 6.95. The number of hydrogen-bond donors (Lipinski definition) is 2. The molecule has 2 rings (SSSR count). The fourth-order valence-corrected chi connectivity index (χ4v) is 2.40. The van der Waals surface area contributed by atoms with E-state index in [0.29, 0.717) is 11.3 Å². The average Bonchev–Trinajstić information content (AvgIpc) is 2.62. The number of benzene rings is 2. The number of carbonyl (C=O) groups excluding carboxylic acids is 3. The molecule has 1 atom stereocenters. The van der Waals surface area contributed by atoms with Crippen molar-refractivity contribution < 1.29 is 19.1 Å². The van der Waals surface area contributed by atoms with Gasteiger partial charge >= 0.3 is 5.97 Å². The molecule has 0 saturated heterocycles. The van der Waals surface area contributed by atoms with Crippen LogP contribution in [-0.2, 0) is 14.3 Å². The molecule has 0 saturated carbocycles. The standard InChI is InChI=1S/C21H24N2O4/c1-13-6-5-7-18(10-13)23-20(25)16(4)27-19(24)12-22-21(26)17-9-8-14(2)15(3)11-17/h5-11,16H,12H2,1-4H3,(H,22,26)(H,23,25). The average molecular weight is 368 g/mol. The van der Waals surface area contributed by atoms with Crippen LogP contribution in [0.5, 0.6) is 0 Å². The molecular formula is C21H24N2O4. The van der Waals surface area contributed by atoms with Crippen LogP contribution in [-0.4, -0.2) is 30.4 Å². The summed E-state index contributed by atoms with van der Waals surface area (Å²) in [5.41, 5.74) is 4.18. The van der Waals surface area contributed by atoms with Gasteiger partial charge in [-0.3, -0.25) is 14.4 Å². The summed E-state index contributed by atoms with van der Waals surface area (Å²) in [6, 6.07) is 12.6. The first-order valence-corrected chi connectivity index (χ1v) is 8.68. The zero-order chi connectivity index (χ0) is 20.0. The Balaban J connectivity index is 1.82. The molecule has 0 spiro atoms.